The number of nitrogen functional groups attached to an aromatic ring is 1. The van der Waals surface area contributed by atoms with Crippen LogP contribution in [0.25, 0.3) is 0 Å². The molecule has 0 spiro atoms. The van der Waals surface area contributed by atoms with Gasteiger partial charge in [0.25, 0.3) is 0 Å². The van der Waals surface area contributed by atoms with Crippen LogP contribution in [0.2, 0.25) is 5.15 Å². The Bertz CT molecular complexity index is 343. The van der Waals surface area contributed by atoms with E-state index in [9.17, 15) is 0 Å². The normalized spacial score (nSPS) is 17.1. The van der Waals surface area contributed by atoms with Gasteiger partial charge in [-0.1, -0.05) is 31.4 Å². The second-order valence-corrected chi connectivity index (χ2v) is 4.92. The average Bonchev–Trinajstić information content (AvgIpc) is 2.99. The number of hydrogen-bond donors (Lipinski definition) is 2. The first-order chi connectivity index (χ1) is 7.67. The first kappa shape index (κ1) is 11.5. The van der Waals surface area contributed by atoms with Crippen LogP contribution in [-0.4, -0.2) is 11.0 Å². The minimum absolute atomic E-state index is 0.448. The molecule has 0 aliphatic heterocycles. The highest BCUT2D eigenvalue weighted by molar-refractivity contribution is 6.29. The van der Waals surface area contributed by atoms with Gasteiger partial charge >= 0.3 is 0 Å². The van der Waals surface area contributed by atoms with Gasteiger partial charge in [-0.15, -0.1) is 0 Å². The van der Waals surface area contributed by atoms with Crippen molar-refractivity contribution in [3.8, 4) is 0 Å². The third-order valence-electron chi connectivity index (χ3n) is 2.98. The van der Waals surface area contributed by atoms with E-state index in [-0.39, 0.29) is 0 Å². The third kappa shape index (κ3) is 3.27. The molecule has 1 saturated carbocycles. The molecular formula is C12H18ClN3. The quantitative estimate of drug-likeness (QED) is 0.776. The van der Waals surface area contributed by atoms with Crippen LogP contribution >= 0.6 is 11.6 Å². The Morgan fingerprint density at radius 2 is 2.31 bits per heavy atom. The highest BCUT2D eigenvalue weighted by Crippen LogP contribution is 2.34. The van der Waals surface area contributed by atoms with Gasteiger partial charge in [-0.25, -0.2) is 4.98 Å². The summed E-state index contributed by atoms with van der Waals surface area (Å²) in [5.41, 5.74) is 6.38. The Morgan fingerprint density at radius 3 is 2.88 bits per heavy atom. The van der Waals surface area contributed by atoms with Gasteiger partial charge in [-0.2, -0.15) is 0 Å². The highest BCUT2D eigenvalue weighted by atomic mass is 35.5. The van der Waals surface area contributed by atoms with Crippen molar-refractivity contribution >= 4 is 23.1 Å². The molecule has 1 atom stereocenters. The predicted molar refractivity (Wildman–Crippen MR) is 68.7 cm³/mol. The molecule has 0 aromatic carbocycles. The molecule has 3 nitrogen and oxygen atoms in total. The van der Waals surface area contributed by atoms with Crippen molar-refractivity contribution < 1.29 is 0 Å². The zero-order valence-electron chi connectivity index (χ0n) is 9.54. The van der Waals surface area contributed by atoms with Crippen molar-refractivity contribution in [1.82, 2.24) is 4.98 Å². The Balaban J connectivity index is 1.99. The third-order valence-corrected chi connectivity index (χ3v) is 3.17. The summed E-state index contributed by atoms with van der Waals surface area (Å²) < 4.78 is 0. The van der Waals surface area contributed by atoms with Crippen LogP contribution in [-0.2, 0) is 0 Å². The molecular weight excluding hydrogens is 222 g/mol. The van der Waals surface area contributed by atoms with Gasteiger partial charge in [0.05, 0.1) is 0 Å². The van der Waals surface area contributed by atoms with Gasteiger partial charge in [0.15, 0.2) is 0 Å². The largest absolute Gasteiger partial charge is 0.399 e. The second-order valence-electron chi connectivity index (χ2n) is 4.54. The van der Waals surface area contributed by atoms with E-state index in [1.807, 2.05) is 6.07 Å². The molecule has 16 heavy (non-hydrogen) atoms. The Labute approximate surface area is 101 Å². The SMILES string of the molecule is CCC(CC1CC1)Nc1cc(N)cc(Cl)n1. The van der Waals surface area contributed by atoms with Gasteiger partial charge in [0.1, 0.15) is 11.0 Å². The Morgan fingerprint density at radius 1 is 1.56 bits per heavy atom. The fourth-order valence-corrected chi connectivity index (χ4v) is 2.10. The smallest absolute Gasteiger partial charge is 0.133 e. The fourth-order valence-electron chi connectivity index (χ4n) is 1.88. The number of halogens is 1. The lowest BCUT2D eigenvalue weighted by Gasteiger charge is -2.17. The first-order valence-corrected chi connectivity index (χ1v) is 6.24. The summed E-state index contributed by atoms with van der Waals surface area (Å²) >= 11 is 5.86. The van der Waals surface area contributed by atoms with Crippen LogP contribution in [0.15, 0.2) is 12.1 Å². The minimum Gasteiger partial charge on any atom is -0.399 e. The van der Waals surface area contributed by atoms with Crippen molar-refractivity contribution in [3.05, 3.63) is 17.3 Å². The standard InChI is InChI=1S/C12H18ClN3/c1-2-10(5-8-3-4-8)15-12-7-9(14)6-11(13)16-12/h6-8,10H,2-5H2,1H3,(H3,14,15,16). The molecule has 1 aromatic rings. The number of anilines is 2. The zero-order valence-corrected chi connectivity index (χ0v) is 10.3. The van der Waals surface area contributed by atoms with E-state index in [0.717, 1.165) is 18.2 Å². The van der Waals surface area contributed by atoms with Gasteiger partial charge in [0, 0.05) is 17.8 Å². The summed E-state index contributed by atoms with van der Waals surface area (Å²) in [6.45, 7) is 2.19. The summed E-state index contributed by atoms with van der Waals surface area (Å²) in [5, 5.41) is 3.85. The van der Waals surface area contributed by atoms with Crippen molar-refractivity contribution in [2.75, 3.05) is 11.1 Å². The molecule has 0 saturated heterocycles. The van der Waals surface area contributed by atoms with E-state index in [0.29, 0.717) is 16.9 Å². The summed E-state index contributed by atoms with van der Waals surface area (Å²) in [7, 11) is 0. The molecule has 1 unspecified atom stereocenters. The number of nitrogens with one attached hydrogen (secondary N) is 1. The summed E-state index contributed by atoms with van der Waals surface area (Å²) in [6.07, 6.45) is 5.09. The van der Waals surface area contributed by atoms with E-state index in [2.05, 4.69) is 17.2 Å². The molecule has 88 valence electrons. The number of pyridine rings is 1. The van der Waals surface area contributed by atoms with E-state index in [1.54, 1.807) is 6.07 Å². The van der Waals surface area contributed by atoms with E-state index in [1.165, 1.54) is 19.3 Å². The maximum atomic E-state index is 5.86. The van der Waals surface area contributed by atoms with Gasteiger partial charge in [-0.05, 0) is 24.8 Å². The van der Waals surface area contributed by atoms with Crippen LogP contribution in [0.5, 0.6) is 0 Å². The number of hydrogen-bond acceptors (Lipinski definition) is 3. The van der Waals surface area contributed by atoms with Crippen molar-refractivity contribution in [3.63, 3.8) is 0 Å². The molecule has 1 aromatic heterocycles. The number of nitrogens with zero attached hydrogens (tertiary/aromatic N) is 1. The minimum atomic E-state index is 0.448. The van der Waals surface area contributed by atoms with Crippen LogP contribution in [0.1, 0.15) is 32.6 Å². The number of rotatable bonds is 5. The second kappa shape index (κ2) is 4.91. The van der Waals surface area contributed by atoms with Crippen LogP contribution in [0.4, 0.5) is 11.5 Å². The molecule has 0 radical (unpaired) electrons. The molecule has 0 bridgehead atoms. The summed E-state index contributed by atoms with van der Waals surface area (Å²) in [6, 6.07) is 3.98. The first-order valence-electron chi connectivity index (χ1n) is 5.87. The topological polar surface area (TPSA) is 50.9 Å². The van der Waals surface area contributed by atoms with Crippen molar-refractivity contribution in [2.24, 2.45) is 5.92 Å². The lowest BCUT2D eigenvalue weighted by Crippen LogP contribution is -2.19. The fraction of sp³-hybridized carbons (Fsp3) is 0.583. The van der Waals surface area contributed by atoms with Crippen LogP contribution in [0.3, 0.4) is 0 Å². The van der Waals surface area contributed by atoms with Crippen LogP contribution < -0.4 is 11.1 Å². The lowest BCUT2D eigenvalue weighted by atomic mass is 10.1. The lowest BCUT2D eigenvalue weighted by molar-refractivity contribution is 0.585. The highest BCUT2D eigenvalue weighted by Gasteiger charge is 2.24. The van der Waals surface area contributed by atoms with Crippen molar-refractivity contribution in [2.45, 2.75) is 38.6 Å². The molecule has 2 rings (SSSR count). The molecule has 1 aliphatic rings. The monoisotopic (exact) mass is 239 g/mol. The van der Waals surface area contributed by atoms with Gasteiger partial charge in [0.2, 0.25) is 0 Å². The molecule has 1 heterocycles. The predicted octanol–water partition coefficient (Wildman–Crippen LogP) is 3.31. The van der Waals surface area contributed by atoms with Gasteiger partial charge in [-0.3, -0.25) is 0 Å². The zero-order chi connectivity index (χ0) is 11.5. The van der Waals surface area contributed by atoms with Crippen molar-refractivity contribution in [1.29, 1.82) is 0 Å². The number of aromatic nitrogens is 1. The van der Waals surface area contributed by atoms with E-state index < -0.39 is 0 Å². The summed E-state index contributed by atoms with van der Waals surface area (Å²) in [4.78, 5) is 4.22. The van der Waals surface area contributed by atoms with E-state index >= 15 is 0 Å². The summed E-state index contributed by atoms with van der Waals surface area (Å²) in [5.74, 6) is 1.70. The van der Waals surface area contributed by atoms with Crippen LogP contribution in [0, 0.1) is 5.92 Å². The molecule has 1 fully saturated rings. The maximum Gasteiger partial charge on any atom is 0.133 e. The number of nitrogens with two attached hydrogens (primary N) is 1. The Kier molecular flexibility index (Phi) is 3.54. The maximum absolute atomic E-state index is 5.86. The average molecular weight is 240 g/mol. The molecule has 4 heteroatoms. The molecule has 1 aliphatic carbocycles. The van der Waals surface area contributed by atoms with E-state index in [4.69, 9.17) is 17.3 Å². The van der Waals surface area contributed by atoms with Gasteiger partial charge < -0.3 is 11.1 Å². The Hall–Kier alpha value is -0.960. The molecule has 0 amide bonds. The molecule has 3 N–H and O–H groups in total.